The van der Waals surface area contributed by atoms with Crippen molar-refractivity contribution >= 4 is 17.2 Å². The van der Waals surface area contributed by atoms with Crippen molar-refractivity contribution in [1.82, 2.24) is 19.2 Å². The van der Waals surface area contributed by atoms with E-state index in [0.717, 1.165) is 41.3 Å². The lowest BCUT2D eigenvalue weighted by molar-refractivity contribution is -0.384. The SMILES string of the molecule is CCC(=O)N1CCN(Cc2c(-c3ccc([N+](=O)[O-])cc3)nc3ccc(-c4cc(C)ccc4C)cn23)CC1. The van der Waals surface area contributed by atoms with Gasteiger partial charge in [0.1, 0.15) is 5.65 Å². The van der Waals surface area contributed by atoms with E-state index >= 15 is 0 Å². The van der Waals surface area contributed by atoms with E-state index in [1.165, 1.54) is 28.8 Å². The highest BCUT2D eigenvalue weighted by Gasteiger charge is 2.23. The molecule has 4 aromatic rings. The molecule has 1 aliphatic heterocycles. The lowest BCUT2D eigenvalue weighted by atomic mass is 10.00. The molecule has 0 bridgehead atoms. The fraction of sp³-hybridized carbons (Fsp3) is 0.310. The van der Waals surface area contributed by atoms with Crippen molar-refractivity contribution in [3.05, 3.63) is 87.7 Å². The number of carbonyl (C=O) groups is 1. The summed E-state index contributed by atoms with van der Waals surface area (Å²) in [5, 5.41) is 11.2. The van der Waals surface area contributed by atoms with E-state index in [1.807, 2.05) is 17.9 Å². The Morgan fingerprint density at radius 3 is 2.35 bits per heavy atom. The number of aryl methyl sites for hydroxylation is 2. The van der Waals surface area contributed by atoms with Crippen molar-refractivity contribution in [2.75, 3.05) is 26.2 Å². The number of hydrogen-bond donors (Lipinski definition) is 0. The molecule has 0 aliphatic carbocycles. The minimum Gasteiger partial charge on any atom is -0.340 e. The first kappa shape index (κ1) is 24.6. The summed E-state index contributed by atoms with van der Waals surface area (Å²) < 4.78 is 2.15. The van der Waals surface area contributed by atoms with Gasteiger partial charge in [-0.3, -0.25) is 19.8 Å². The number of amides is 1. The number of hydrogen-bond acceptors (Lipinski definition) is 5. The summed E-state index contributed by atoms with van der Waals surface area (Å²) in [5.74, 6) is 0.194. The molecular formula is C29H31N5O3. The van der Waals surface area contributed by atoms with Crippen LogP contribution in [0.5, 0.6) is 0 Å². The fourth-order valence-electron chi connectivity index (χ4n) is 5.01. The van der Waals surface area contributed by atoms with Gasteiger partial charge in [0, 0.05) is 63.0 Å². The van der Waals surface area contributed by atoms with Gasteiger partial charge in [0.25, 0.3) is 5.69 Å². The first-order chi connectivity index (χ1) is 17.8. The minimum absolute atomic E-state index is 0.0583. The maximum absolute atomic E-state index is 12.1. The summed E-state index contributed by atoms with van der Waals surface area (Å²) in [4.78, 5) is 32.2. The van der Waals surface area contributed by atoms with Gasteiger partial charge in [0.15, 0.2) is 0 Å². The van der Waals surface area contributed by atoms with Gasteiger partial charge in [-0.15, -0.1) is 0 Å². The number of nitro groups is 1. The predicted molar refractivity (Wildman–Crippen MR) is 144 cm³/mol. The Hall–Kier alpha value is -4.04. The van der Waals surface area contributed by atoms with E-state index in [-0.39, 0.29) is 16.5 Å². The van der Waals surface area contributed by atoms with Crippen LogP contribution in [0.1, 0.15) is 30.2 Å². The topological polar surface area (TPSA) is 84.0 Å². The number of non-ortho nitro benzene ring substituents is 1. The summed E-state index contributed by atoms with van der Waals surface area (Å²) in [5.41, 5.74) is 8.30. The van der Waals surface area contributed by atoms with Gasteiger partial charge < -0.3 is 9.30 Å². The molecule has 1 fully saturated rings. The number of nitro benzene ring substituents is 1. The van der Waals surface area contributed by atoms with E-state index in [1.54, 1.807) is 12.1 Å². The van der Waals surface area contributed by atoms with Crippen LogP contribution >= 0.6 is 0 Å². The molecule has 0 spiro atoms. The Morgan fingerprint density at radius 1 is 0.973 bits per heavy atom. The Bertz CT molecular complexity index is 1470. The third-order valence-electron chi connectivity index (χ3n) is 7.17. The van der Waals surface area contributed by atoms with E-state index in [4.69, 9.17) is 4.98 Å². The van der Waals surface area contributed by atoms with Gasteiger partial charge in [-0.2, -0.15) is 0 Å². The van der Waals surface area contributed by atoms with E-state index < -0.39 is 0 Å². The third kappa shape index (κ3) is 4.97. The van der Waals surface area contributed by atoms with Crippen molar-refractivity contribution in [3.63, 3.8) is 0 Å². The summed E-state index contributed by atoms with van der Waals surface area (Å²) in [6.45, 7) is 9.78. The third-order valence-corrected chi connectivity index (χ3v) is 7.17. The second kappa shape index (κ2) is 10.1. The lowest BCUT2D eigenvalue weighted by Gasteiger charge is -2.34. The Kier molecular flexibility index (Phi) is 6.76. The Morgan fingerprint density at radius 2 is 1.68 bits per heavy atom. The molecule has 2 aromatic heterocycles. The zero-order valence-corrected chi connectivity index (χ0v) is 21.5. The molecule has 0 saturated carbocycles. The quantitative estimate of drug-likeness (QED) is 0.268. The van der Waals surface area contributed by atoms with Gasteiger partial charge in [0.05, 0.1) is 16.3 Å². The van der Waals surface area contributed by atoms with E-state index in [0.29, 0.717) is 26.1 Å². The van der Waals surface area contributed by atoms with E-state index in [9.17, 15) is 14.9 Å². The Balaban J connectivity index is 1.56. The van der Waals surface area contributed by atoms with Crippen molar-refractivity contribution in [1.29, 1.82) is 0 Å². The smallest absolute Gasteiger partial charge is 0.269 e. The molecule has 0 radical (unpaired) electrons. The molecule has 1 aliphatic rings. The largest absolute Gasteiger partial charge is 0.340 e. The highest BCUT2D eigenvalue weighted by Crippen LogP contribution is 2.31. The number of aromatic nitrogens is 2. The van der Waals surface area contributed by atoms with Gasteiger partial charge >= 0.3 is 0 Å². The summed E-state index contributed by atoms with van der Waals surface area (Å²) in [6, 6.07) is 17.2. The van der Waals surface area contributed by atoms with Crippen LogP contribution in [0.2, 0.25) is 0 Å². The van der Waals surface area contributed by atoms with E-state index in [2.05, 4.69) is 53.6 Å². The van der Waals surface area contributed by atoms with Crippen LogP contribution in [0.15, 0.2) is 60.8 Å². The lowest BCUT2D eigenvalue weighted by Crippen LogP contribution is -2.48. The molecule has 37 heavy (non-hydrogen) atoms. The second-order valence-electron chi connectivity index (χ2n) is 9.69. The van der Waals surface area contributed by atoms with Crippen molar-refractivity contribution in [3.8, 4) is 22.4 Å². The maximum Gasteiger partial charge on any atom is 0.269 e. The van der Waals surface area contributed by atoms with Crippen LogP contribution in [0.4, 0.5) is 5.69 Å². The second-order valence-corrected chi connectivity index (χ2v) is 9.69. The molecular weight excluding hydrogens is 466 g/mol. The number of imidazole rings is 1. The van der Waals surface area contributed by atoms with Crippen LogP contribution < -0.4 is 0 Å². The Labute approximate surface area is 216 Å². The molecule has 5 rings (SSSR count). The van der Waals surface area contributed by atoms with Crippen LogP contribution in [0, 0.1) is 24.0 Å². The number of benzene rings is 2. The average Bonchev–Trinajstić information content (AvgIpc) is 3.27. The van der Waals surface area contributed by atoms with Gasteiger partial charge in [0.2, 0.25) is 5.91 Å². The minimum atomic E-state index is -0.387. The van der Waals surface area contributed by atoms with Crippen LogP contribution in [-0.4, -0.2) is 56.2 Å². The molecule has 1 saturated heterocycles. The zero-order valence-electron chi connectivity index (χ0n) is 21.5. The summed E-state index contributed by atoms with van der Waals surface area (Å²) in [7, 11) is 0. The fourth-order valence-corrected chi connectivity index (χ4v) is 5.01. The van der Waals surface area contributed by atoms with Crippen LogP contribution in [-0.2, 0) is 11.3 Å². The molecule has 0 atom stereocenters. The molecule has 2 aromatic carbocycles. The number of rotatable bonds is 6. The maximum atomic E-state index is 12.1. The summed E-state index contributed by atoms with van der Waals surface area (Å²) in [6.07, 6.45) is 2.67. The molecule has 8 nitrogen and oxygen atoms in total. The molecule has 0 unspecified atom stereocenters. The molecule has 3 heterocycles. The van der Waals surface area contributed by atoms with Gasteiger partial charge in [-0.25, -0.2) is 4.98 Å². The van der Waals surface area contributed by atoms with Crippen LogP contribution in [0.3, 0.4) is 0 Å². The molecule has 0 N–H and O–H groups in total. The molecule has 1 amide bonds. The first-order valence-electron chi connectivity index (χ1n) is 12.7. The first-order valence-corrected chi connectivity index (χ1v) is 12.7. The van der Waals surface area contributed by atoms with Crippen molar-refractivity contribution in [2.24, 2.45) is 0 Å². The normalized spacial score (nSPS) is 14.3. The standard InChI is InChI=1S/C29H31N5O3/c1-4-28(35)32-15-13-31(14-16-32)19-26-29(22-7-10-24(11-8-22)34(36)37)30-27-12-9-23(18-33(26)27)25-17-20(2)5-6-21(25)3/h5-12,17-18H,4,13-16,19H2,1-3H3. The highest BCUT2D eigenvalue weighted by atomic mass is 16.6. The van der Waals surface area contributed by atoms with Crippen molar-refractivity contribution < 1.29 is 9.72 Å². The summed E-state index contributed by atoms with van der Waals surface area (Å²) >= 11 is 0. The predicted octanol–water partition coefficient (Wildman–Crippen LogP) is 5.25. The van der Waals surface area contributed by atoms with Gasteiger partial charge in [-0.05, 0) is 54.8 Å². The van der Waals surface area contributed by atoms with Crippen molar-refractivity contribution in [2.45, 2.75) is 33.7 Å². The number of carbonyl (C=O) groups excluding carboxylic acids is 1. The van der Waals surface area contributed by atoms with Crippen LogP contribution in [0.25, 0.3) is 28.0 Å². The number of fused-ring (bicyclic) bond motifs is 1. The average molecular weight is 498 g/mol. The number of piperazine rings is 1. The van der Waals surface area contributed by atoms with Gasteiger partial charge in [-0.1, -0.05) is 30.7 Å². The molecule has 190 valence electrons. The number of pyridine rings is 1. The highest BCUT2D eigenvalue weighted by molar-refractivity contribution is 5.76. The molecule has 8 heteroatoms. The monoisotopic (exact) mass is 497 g/mol. The number of nitrogens with zero attached hydrogens (tertiary/aromatic N) is 5. The zero-order chi connectivity index (χ0) is 26.1.